The van der Waals surface area contributed by atoms with Gasteiger partial charge in [-0.3, -0.25) is 0 Å². The quantitative estimate of drug-likeness (QED) is 0.514. The van der Waals surface area contributed by atoms with Crippen molar-refractivity contribution in [2.45, 2.75) is 20.4 Å². The summed E-state index contributed by atoms with van der Waals surface area (Å²) in [6, 6.07) is 11.1. The molecule has 0 saturated heterocycles. The van der Waals surface area contributed by atoms with E-state index in [-0.39, 0.29) is 18.1 Å². The van der Waals surface area contributed by atoms with Crippen LogP contribution in [0.25, 0.3) is 22.4 Å². The molecular weight excluding hydrogens is 360 g/mol. The number of aromatic nitrogens is 3. The van der Waals surface area contributed by atoms with Crippen molar-refractivity contribution < 1.29 is 14.4 Å². The molecule has 0 unspecified atom stereocenters. The summed E-state index contributed by atoms with van der Waals surface area (Å²) in [5.41, 5.74) is 3.38. The summed E-state index contributed by atoms with van der Waals surface area (Å²) in [5, 5.41) is 18.2. The molecule has 2 aromatic carbocycles. The molecule has 0 fully saturated rings. The molecule has 8 heteroatoms. The molecule has 142 valence electrons. The first kappa shape index (κ1) is 17.7. The normalized spacial score (nSPS) is 11.1. The number of fused-ring (bicyclic) bond motifs is 1. The summed E-state index contributed by atoms with van der Waals surface area (Å²) in [4.78, 5) is 15.7. The van der Waals surface area contributed by atoms with Gasteiger partial charge in [0.25, 0.3) is 5.89 Å². The van der Waals surface area contributed by atoms with E-state index in [9.17, 15) is 10.0 Å². The van der Waals surface area contributed by atoms with E-state index < -0.39 is 0 Å². The molecule has 0 bridgehead atoms. The average molecular weight is 378 g/mol. The largest absolute Gasteiger partial charge is 0.497 e. The number of benzene rings is 2. The smallest absolute Gasteiger partial charge is 0.257 e. The second kappa shape index (κ2) is 6.80. The third-order valence-corrected chi connectivity index (χ3v) is 4.63. The molecule has 8 nitrogen and oxygen atoms in total. The first-order valence-corrected chi connectivity index (χ1v) is 8.64. The molecule has 4 rings (SSSR count). The van der Waals surface area contributed by atoms with Gasteiger partial charge in [-0.15, -0.1) is 4.91 Å². The topological polar surface area (TPSA) is 103 Å². The molecule has 0 amide bonds. The number of nitroso groups, excluding NO2 is 1. The Hall–Kier alpha value is -3.68. The monoisotopic (exact) mass is 378 g/mol. The number of nitrogens with zero attached hydrogens (tertiary/aromatic N) is 4. The fourth-order valence-electron chi connectivity index (χ4n) is 3.41. The van der Waals surface area contributed by atoms with Gasteiger partial charge >= 0.3 is 0 Å². The van der Waals surface area contributed by atoms with Crippen LogP contribution in [0.3, 0.4) is 0 Å². The zero-order chi connectivity index (χ0) is 19.8. The highest BCUT2D eigenvalue weighted by Crippen LogP contribution is 2.40. The molecule has 4 aromatic rings. The Balaban J connectivity index is 1.74. The van der Waals surface area contributed by atoms with Gasteiger partial charge in [-0.2, -0.15) is 4.98 Å². The summed E-state index contributed by atoms with van der Waals surface area (Å²) in [5.74, 6) is 1.24. The summed E-state index contributed by atoms with van der Waals surface area (Å²) in [6.07, 6.45) is 0. The van der Waals surface area contributed by atoms with Gasteiger partial charge in [0.05, 0.1) is 19.2 Å². The van der Waals surface area contributed by atoms with E-state index in [0.29, 0.717) is 22.6 Å². The first-order valence-electron chi connectivity index (χ1n) is 8.64. The average Bonchev–Trinajstić information content (AvgIpc) is 3.25. The lowest BCUT2D eigenvalue weighted by atomic mass is 10.1. The lowest BCUT2D eigenvalue weighted by Crippen LogP contribution is -2.02. The standard InChI is InChI=1S/C20H18N4O4/c1-11-8-12(2)18-15(9-11)17(22-26)20(25)24(18)10-16-21-19(28-23-16)13-4-6-14(27-3)7-5-13/h4-9,25H,10H2,1-3H3. The zero-order valence-corrected chi connectivity index (χ0v) is 15.6. The Morgan fingerprint density at radius 1 is 1.21 bits per heavy atom. The van der Waals surface area contributed by atoms with Crippen molar-refractivity contribution >= 4 is 16.6 Å². The van der Waals surface area contributed by atoms with Crippen molar-refractivity contribution in [3.8, 4) is 23.1 Å². The molecule has 2 heterocycles. The van der Waals surface area contributed by atoms with Crippen LogP contribution in [-0.2, 0) is 6.54 Å². The first-order chi connectivity index (χ1) is 13.5. The number of aryl methyl sites for hydroxylation is 2. The minimum Gasteiger partial charge on any atom is -0.497 e. The number of ether oxygens (including phenoxy) is 1. The van der Waals surface area contributed by atoms with Crippen molar-refractivity contribution in [3.63, 3.8) is 0 Å². The summed E-state index contributed by atoms with van der Waals surface area (Å²) < 4.78 is 12.1. The van der Waals surface area contributed by atoms with E-state index in [0.717, 1.165) is 22.4 Å². The number of aromatic hydroxyl groups is 1. The third-order valence-electron chi connectivity index (χ3n) is 4.63. The second-order valence-electron chi connectivity index (χ2n) is 6.57. The maximum absolute atomic E-state index is 11.3. The second-order valence-corrected chi connectivity index (χ2v) is 6.57. The van der Waals surface area contributed by atoms with E-state index in [2.05, 4.69) is 15.3 Å². The molecule has 1 N–H and O–H groups in total. The van der Waals surface area contributed by atoms with E-state index in [1.54, 1.807) is 23.8 Å². The summed E-state index contributed by atoms with van der Waals surface area (Å²) in [6.45, 7) is 3.98. The molecule has 0 aliphatic rings. The van der Waals surface area contributed by atoms with Gasteiger partial charge in [0, 0.05) is 10.9 Å². The highest BCUT2D eigenvalue weighted by atomic mass is 16.5. The number of hydrogen-bond acceptors (Lipinski definition) is 7. The molecule has 2 aromatic heterocycles. The maximum Gasteiger partial charge on any atom is 0.257 e. The summed E-state index contributed by atoms with van der Waals surface area (Å²) in [7, 11) is 1.60. The van der Waals surface area contributed by atoms with E-state index >= 15 is 0 Å². The Morgan fingerprint density at radius 2 is 1.96 bits per heavy atom. The van der Waals surface area contributed by atoms with Gasteiger partial charge in [-0.05, 0) is 54.9 Å². The molecule has 0 aliphatic carbocycles. The Labute approximate surface area is 160 Å². The Morgan fingerprint density at radius 3 is 2.64 bits per heavy atom. The highest BCUT2D eigenvalue weighted by molar-refractivity contribution is 5.97. The molecule has 0 atom stereocenters. The predicted molar refractivity (Wildman–Crippen MR) is 104 cm³/mol. The van der Waals surface area contributed by atoms with Crippen LogP contribution in [0.4, 0.5) is 5.69 Å². The third kappa shape index (κ3) is 2.88. The van der Waals surface area contributed by atoms with Crippen LogP contribution in [0, 0.1) is 18.8 Å². The Kier molecular flexibility index (Phi) is 4.31. The van der Waals surface area contributed by atoms with Crippen LogP contribution < -0.4 is 4.74 Å². The number of methoxy groups -OCH3 is 1. The maximum atomic E-state index is 11.3. The van der Waals surface area contributed by atoms with Gasteiger partial charge in [0.15, 0.2) is 11.5 Å². The van der Waals surface area contributed by atoms with Crippen molar-refractivity contribution in [2.75, 3.05) is 7.11 Å². The number of hydrogen-bond donors (Lipinski definition) is 1. The van der Waals surface area contributed by atoms with Crippen molar-refractivity contribution in [3.05, 3.63) is 58.3 Å². The fourth-order valence-corrected chi connectivity index (χ4v) is 3.41. The fraction of sp³-hybridized carbons (Fsp3) is 0.200. The van der Waals surface area contributed by atoms with Gasteiger partial charge < -0.3 is 18.9 Å². The van der Waals surface area contributed by atoms with Crippen LogP contribution in [0.1, 0.15) is 17.0 Å². The number of rotatable bonds is 5. The van der Waals surface area contributed by atoms with Crippen LogP contribution in [-0.4, -0.2) is 26.9 Å². The Bertz CT molecular complexity index is 1180. The van der Waals surface area contributed by atoms with Gasteiger partial charge in [-0.25, -0.2) is 0 Å². The molecule has 0 spiro atoms. The molecular formula is C20H18N4O4. The lowest BCUT2D eigenvalue weighted by molar-refractivity contribution is 0.408. The van der Waals surface area contributed by atoms with E-state index in [4.69, 9.17) is 9.26 Å². The van der Waals surface area contributed by atoms with Crippen molar-refractivity contribution in [1.82, 2.24) is 14.7 Å². The lowest BCUT2D eigenvalue weighted by Gasteiger charge is -2.06. The van der Waals surface area contributed by atoms with Crippen molar-refractivity contribution in [1.29, 1.82) is 0 Å². The van der Waals surface area contributed by atoms with E-state index in [1.807, 2.05) is 38.1 Å². The van der Waals surface area contributed by atoms with Crippen LogP contribution in [0.2, 0.25) is 0 Å². The molecule has 28 heavy (non-hydrogen) atoms. The SMILES string of the molecule is COc1ccc(-c2nc(Cn3c(O)c(N=O)c4cc(C)cc(C)c43)no2)cc1. The summed E-state index contributed by atoms with van der Waals surface area (Å²) >= 11 is 0. The van der Waals surface area contributed by atoms with Crippen LogP contribution in [0.5, 0.6) is 11.6 Å². The van der Waals surface area contributed by atoms with Gasteiger partial charge in [0.1, 0.15) is 5.75 Å². The predicted octanol–water partition coefficient (Wildman–Crippen LogP) is 4.47. The van der Waals surface area contributed by atoms with Gasteiger partial charge in [-0.1, -0.05) is 16.8 Å². The van der Waals surface area contributed by atoms with E-state index in [1.165, 1.54) is 0 Å². The van der Waals surface area contributed by atoms with Crippen LogP contribution >= 0.6 is 0 Å². The van der Waals surface area contributed by atoms with Crippen molar-refractivity contribution in [2.24, 2.45) is 5.18 Å². The van der Waals surface area contributed by atoms with Gasteiger partial charge in [0.2, 0.25) is 5.88 Å². The highest BCUT2D eigenvalue weighted by Gasteiger charge is 2.21. The minimum atomic E-state index is -0.213. The van der Waals surface area contributed by atoms with Crippen LogP contribution in [0.15, 0.2) is 46.1 Å². The zero-order valence-electron chi connectivity index (χ0n) is 15.6. The molecule has 0 aliphatic heterocycles. The minimum absolute atomic E-state index is 0.0145. The molecule has 0 radical (unpaired) electrons. The molecule has 0 saturated carbocycles.